The van der Waals surface area contributed by atoms with Crippen LogP contribution in [0.5, 0.6) is 0 Å². The first-order valence-electron chi connectivity index (χ1n) is 8.29. The van der Waals surface area contributed by atoms with Crippen LogP contribution in [0.4, 0.5) is 0 Å². The van der Waals surface area contributed by atoms with Crippen molar-refractivity contribution in [3.8, 4) is 0 Å². The molecule has 1 saturated carbocycles. The van der Waals surface area contributed by atoms with Gasteiger partial charge >= 0.3 is 0 Å². The maximum absolute atomic E-state index is 9.76. The van der Waals surface area contributed by atoms with Gasteiger partial charge < -0.3 is 15.2 Å². The Morgan fingerprint density at radius 2 is 2.00 bits per heavy atom. The summed E-state index contributed by atoms with van der Waals surface area (Å²) in [5.41, 5.74) is 0. The van der Waals surface area contributed by atoms with Crippen molar-refractivity contribution < 1.29 is 9.84 Å². The minimum absolute atomic E-state index is 0.352. The largest absolute Gasteiger partial charge is 0.389 e. The first kappa shape index (κ1) is 16.9. The molecule has 1 atom stereocenters. The molecule has 0 radical (unpaired) electrons. The van der Waals surface area contributed by atoms with Crippen molar-refractivity contribution in [3.63, 3.8) is 0 Å². The van der Waals surface area contributed by atoms with Crippen LogP contribution in [0.2, 0.25) is 0 Å². The zero-order valence-electron chi connectivity index (χ0n) is 12.7. The molecule has 1 unspecified atom stereocenters. The Balaban J connectivity index is 1.80. The summed E-state index contributed by atoms with van der Waals surface area (Å²) < 4.78 is 5.48. The molecule has 2 N–H and O–H groups in total. The normalized spacial score (nSPS) is 18.0. The predicted molar refractivity (Wildman–Crippen MR) is 80.4 cm³/mol. The van der Waals surface area contributed by atoms with Crippen LogP contribution >= 0.6 is 0 Å². The van der Waals surface area contributed by atoms with Crippen molar-refractivity contribution in [2.24, 2.45) is 5.92 Å². The van der Waals surface area contributed by atoms with Crippen molar-refractivity contribution in [2.45, 2.75) is 70.8 Å². The van der Waals surface area contributed by atoms with E-state index in [1.165, 1.54) is 51.4 Å². The fourth-order valence-corrected chi connectivity index (χ4v) is 2.78. The van der Waals surface area contributed by atoms with Crippen LogP contribution in [-0.2, 0) is 4.74 Å². The third-order valence-corrected chi connectivity index (χ3v) is 4.04. The van der Waals surface area contributed by atoms with E-state index in [0.29, 0.717) is 13.2 Å². The summed E-state index contributed by atoms with van der Waals surface area (Å²) in [6.45, 7) is 5.18. The topological polar surface area (TPSA) is 41.5 Å². The molecule has 1 aliphatic carbocycles. The van der Waals surface area contributed by atoms with Gasteiger partial charge in [0.05, 0.1) is 12.7 Å². The van der Waals surface area contributed by atoms with E-state index < -0.39 is 0 Å². The Kier molecular flexibility index (Phi) is 10.4. The van der Waals surface area contributed by atoms with E-state index in [1.807, 2.05) is 0 Å². The standard InChI is InChI=1S/C16H33NO2/c1-2-3-4-7-12-19-14-16(18)13-17-11-10-15-8-5-6-9-15/h15-18H,2-14H2,1H3. The lowest BCUT2D eigenvalue weighted by Gasteiger charge is -2.14. The summed E-state index contributed by atoms with van der Waals surface area (Å²) in [7, 11) is 0. The van der Waals surface area contributed by atoms with Crippen LogP contribution in [-0.4, -0.2) is 37.5 Å². The lowest BCUT2D eigenvalue weighted by atomic mass is 10.0. The van der Waals surface area contributed by atoms with Crippen LogP contribution < -0.4 is 5.32 Å². The van der Waals surface area contributed by atoms with Crippen LogP contribution in [0.3, 0.4) is 0 Å². The van der Waals surface area contributed by atoms with Gasteiger partial charge in [0.15, 0.2) is 0 Å². The zero-order chi connectivity index (χ0) is 13.8. The molecule has 0 aliphatic heterocycles. The van der Waals surface area contributed by atoms with Gasteiger partial charge in [0.1, 0.15) is 0 Å². The average molecular weight is 271 g/mol. The molecular formula is C16H33NO2. The monoisotopic (exact) mass is 271 g/mol. The van der Waals surface area contributed by atoms with Gasteiger partial charge in [-0.1, -0.05) is 51.9 Å². The quantitative estimate of drug-likeness (QED) is 0.536. The second-order valence-electron chi connectivity index (χ2n) is 5.93. The van der Waals surface area contributed by atoms with Crippen LogP contribution in [0.1, 0.15) is 64.7 Å². The number of rotatable bonds is 12. The Bertz CT molecular complexity index is 193. The summed E-state index contributed by atoms with van der Waals surface area (Å²) in [5, 5.41) is 13.1. The highest BCUT2D eigenvalue weighted by Gasteiger charge is 2.14. The molecule has 0 aromatic heterocycles. The van der Waals surface area contributed by atoms with E-state index in [4.69, 9.17) is 4.74 Å². The lowest BCUT2D eigenvalue weighted by Crippen LogP contribution is -2.31. The van der Waals surface area contributed by atoms with Gasteiger partial charge in [-0.15, -0.1) is 0 Å². The summed E-state index contributed by atoms with van der Waals surface area (Å²) in [4.78, 5) is 0. The fraction of sp³-hybridized carbons (Fsp3) is 1.00. The third-order valence-electron chi connectivity index (χ3n) is 4.04. The van der Waals surface area contributed by atoms with Crippen molar-refractivity contribution in [2.75, 3.05) is 26.3 Å². The maximum atomic E-state index is 9.76. The molecule has 0 aromatic rings. The van der Waals surface area contributed by atoms with E-state index in [2.05, 4.69) is 12.2 Å². The Hall–Kier alpha value is -0.120. The molecule has 114 valence electrons. The first-order chi connectivity index (χ1) is 9.33. The zero-order valence-corrected chi connectivity index (χ0v) is 12.7. The van der Waals surface area contributed by atoms with Gasteiger partial charge in [-0.3, -0.25) is 0 Å². The van der Waals surface area contributed by atoms with E-state index in [-0.39, 0.29) is 6.10 Å². The van der Waals surface area contributed by atoms with Crippen molar-refractivity contribution in [1.29, 1.82) is 0 Å². The van der Waals surface area contributed by atoms with Gasteiger partial charge in [-0.25, -0.2) is 0 Å². The number of unbranched alkanes of at least 4 members (excludes halogenated alkanes) is 3. The molecule has 0 heterocycles. The average Bonchev–Trinajstić information content (AvgIpc) is 2.92. The van der Waals surface area contributed by atoms with Crippen LogP contribution in [0, 0.1) is 5.92 Å². The van der Waals surface area contributed by atoms with Gasteiger partial charge in [0, 0.05) is 13.2 Å². The number of hydrogen-bond acceptors (Lipinski definition) is 3. The third kappa shape index (κ3) is 9.42. The van der Waals surface area contributed by atoms with E-state index in [0.717, 1.165) is 25.5 Å². The second kappa shape index (κ2) is 11.7. The summed E-state index contributed by atoms with van der Waals surface area (Å²) >= 11 is 0. The maximum Gasteiger partial charge on any atom is 0.0897 e. The van der Waals surface area contributed by atoms with Crippen LogP contribution in [0.25, 0.3) is 0 Å². The smallest absolute Gasteiger partial charge is 0.0897 e. The summed E-state index contributed by atoms with van der Waals surface area (Å²) in [6, 6.07) is 0. The van der Waals surface area contributed by atoms with Crippen molar-refractivity contribution >= 4 is 0 Å². The van der Waals surface area contributed by atoms with Crippen molar-refractivity contribution in [1.82, 2.24) is 5.32 Å². The Labute approximate surface area is 119 Å². The molecule has 19 heavy (non-hydrogen) atoms. The van der Waals surface area contributed by atoms with Gasteiger partial charge in [0.25, 0.3) is 0 Å². The molecule has 0 saturated heterocycles. The molecule has 0 aromatic carbocycles. The number of aliphatic hydroxyl groups is 1. The highest BCUT2D eigenvalue weighted by Crippen LogP contribution is 2.26. The molecule has 3 nitrogen and oxygen atoms in total. The number of ether oxygens (including phenoxy) is 1. The van der Waals surface area contributed by atoms with Gasteiger partial charge in [-0.05, 0) is 25.3 Å². The number of nitrogens with one attached hydrogen (secondary N) is 1. The molecule has 1 fully saturated rings. The van der Waals surface area contributed by atoms with E-state index >= 15 is 0 Å². The van der Waals surface area contributed by atoms with Gasteiger partial charge in [0.2, 0.25) is 0 Å². The molecule has 1 rings (SSSR count). The lowest BCUT2D eigenvalue weighted by molar-refractivity contribution is 0.0354. The number of aliphatic hydroxyl groups excluding tert-OH is 1. The minimum Gasteiger partial charge on any atom is -0.389 e. The highest BCUT2D eigenvalue weighted by atomic mass is 16.5. The molecule has 0 amide bonds. The van der Waals surface area contributed by atoms with Gasteiger partial charge in [-0.2, -0.15) is 0 Å². The minimum atomic E-state index is -0.352. The first-order valence-corrected chi connectivity index (χ1v) is 8.29. The fourth-order valence-electron chi connectivity index (χ4n) is 2.78. The summed E-state index contributed by atoms with van der Waals surface area (Å²) in [6.07, 6.45) is 11.5. The second-order valence-corrected chi connectivity index (χ2v) is 5.93. The molecular weight excluding hydrogens is 238 g/mol. The molecule has 0 bridgehead atoms. The SMILES string of the molecule is CCCCCCOCC(O)CNCCC1CCCC1. The molecule has 0 spiro atoms. The Morgan fingerprint density at radius 3 is 2.74 bits per heavy atom. The van der Waals surface area contributed by atoms with Crippen molar-refractivity contribution in [3.05, 3.63) is 0 Å². The summed E-state index contributed by atoms with van der Waals surface area (Å²) in [5.74, 6) is 0.930. The van der Waals surface area contributed by atoms with E-state index in [1.54, 1.807) is 0 Å². The predicted octanol–water partition coefficient (Wildman–Crippen LogP) is 3.11. The number of hydrogen-bond donors (Lipinski definition) is 2. The Morgan fingerprint density at radius 1 is 1.21 bits per heavy atom. The molecule has 3 heteroatoms. The van der Waals surface area contributed by atoms with E-state index in [9.17, 15) is 5.11 Å². The highest BCUT2D eigenvalue weighted by molar-refractivity contribution is 4.68. The molecule has 1 aliphatic rings. The van der Waals surface area contributed by atoms with Crippen LogP contribution in [0.15, 0.2) is 0 Å².